The minimum atomic E-state index is -0.807. The standard InChI is InChI=1S/C9H9BrFNO2/c1-12-4-8(13)6-2-5(10)3-7(11)9(6)14/h2-3,12,14H,4H2,1H3. The first-order valence-corrected chi connectivity index (χ1v) is 4.71. The summed E-state index contributed by atoms with van der Waals surface area (Å²) < 4.78 is 13.4. The Hall–Kier alpha value is -0.940. The molecule has 0 radical (unpaired) electrons. The van der Waals surface area contributed by atoms with Gasteiger partial charge in [-0.1, -0.05) is 15.9 Å². The second kappa shape index (κ2) is 4.52. The molecule has 1 aromatic carbocycles. The van der Waals surface area contributed by atoms with Gasteiger partial charge in [-0.2, -0.15) is 0 Å². The van der Waals surface area contributed by atoms with E-state index < -0.39 is 11.6 Å². The second-order valence-corrected chi connectivity index (χ2v) is 3.65. The lowest BCUT2D eigenvalue weighted by Crippen LogP contribution is -2.18. The molecule has 0 aliphatic carbocycles. The molecule has 2 N–H and O–H groups in total. The number of halogens is 2. The van der Waals surface area contributed by atoms with Crippen LogP contribution in [-0.4, -0.2) is 24.5 Å². The zero-order valence-electron chi connectivity index (χ0n) is 7.47. The Bertz CT molecular complexity index is 368. The van der Waals surface area contributed by atoms with Gasteiger partial charge in [-0.3, -0.25) is 4.79 Å². The predicted octanol–water partition coefficient (Wildman–Crippen LogP) is 1.70. The van der Waals surface area contributed by atoms with Crippen molar-refractivity contribution in [3.05, 3.63) is 28.0 Å². The molecule has 0 amide bonds. The van der Waals surface area contributed by atoms with Crippen LogP contribution >= 0.6 is 15.9 Å². The lowest BCUT2D eigenvalue weighted by atomic mass is 10.1. The first-order valence-electron chi connectivity index (χ1n) is 3.92. The summed E-state index contributed by atoms with van der Waals surface area (Å²) in [5.74, 6) is -1.77. The van der Waals surface area contributed by atoms with E-state index in [1.165, 1.54) is 6.07 Å². The summed E-state index contributed by atoms with van der Waals surface area (Å²) in [6.07, 6.45) is 0. The number of hydrogen-bond acceptors (Lipinski definition) is 3. The van der Waals surface area contributed by atoms with Gasteiger partial charge in [0.1, 0.15) is 0 Å². The van der Waals surface area contributed by atoms with Crippen LogP contribution < -0.4 is 5.32 Å². The summed E-state index contributed by atoms with van der Waals surface area (Å²) in [5.41, 5.74) is -0.0220. The highest BCUT2D eigenvalue weighted by Gasteiger charge is 2.14. The van der Waals surface area contributed by atoms with Crippen molar-refractivity contribution in [2.75, 3.05) is 13.6 Å². The molecule has 0 aliphatic rings. The largest absolute Gasteiger partial charge is 0.504 e. The van der Waals surface area contributed by atoms with Crippen molar-refractivity contribution in [1.29, 1.82) is 0 Å². The first kappa shape index (κ1) is 11.1. The number of nitrogens with one attached hydrogen (secondary N) is 1. The van der Waals surface area contributed by atoms with E-state index >= 15 is 0 Å². The highest BCUT2D eigenvalue weighted by molar-refractivity contribution is 9.10. The number of aromatic hydroxyl groups is 1. The summed E-state index contributed by atoms with van der Waals surface area (Å²) >= 11 is 3.04. The average Bonchev–Trinajstić information content (AvgIpc) is 2.11. The van der Waals surface area contributed by atoms with Crippen LogP contribution in [-0.2, 0) is 0 Å². The van der Waals surface area contributed by atoms with Crippen LogP contribution in [0.15, 0.2) is 16.6 Å². The zero-order chi connectivity index (χ0) is 10.7. The number of likely N-dealkylation sites (N-methyl/N-ethyl adjacent to an activating group) is 1. The van der Waals surface area contributed by atoms with E-state index in [1.54, 1.807) is 7.05 Å². The third kappa shape index (κ3) is 2.30. The zero-order valence-corrected chi connectivity index (χ0v) is 9.06. The fourth-order valence-electron chi connectivity index (χ4n) is 1.03. The third-order valence-corrected chi connectivity index (χ3v) is 2.12. The van der Waals surface area contributed by atoms with Gasteiger partial charge in [0.05, 0.1) is 12.1 Å². The number of Topliss-reactive ketones (excluding diaryl/α,β-unsaturated/α-hetero) is 1. The fourth-order valence-corrected chi connectivity index (χ4v) is 1.46. The van der Waals surface area contributed by atoms with Crippen LogP contribution in [0, 0.1) is 5.82 Å². The Balaban J connectivity index is 3.13. The van der Waals surface area contributed by atoms with E-state index in [0.717, 1.165) is 6.07 Å². The van der Waals surface area contributed by atoms with Crippen molar-refractivity contribution in [1.82, 2.24) is 5.32 Å². The van der Waals surface area contributed by atoms with Crippen LogP contribution in [0.2, 0.25) is 0 Å². The molecule has 1 rings (SSSR count). The molecule has 1 aromatic rings. The van der Waals surface area contributed by atoms with Crippen LogP contribution in [0.25, 0.3) is 0 Å². The summed E-state index contributed by atoms with van der Waals surface area (Å²) in [5, 5.41) is 11.9. The molecule has 0 saturated carbocycles. The number of rotatable bonds is 3. The van der Waals surface area contributed by atoms with Crippen molar-refractivity contribution in [2.24, 2.45) is 0 Å². The van der Waals surface area contributed by atoms with Crippen LogP contribution in [0.4, 0.5) is 4.39 Å². The normalized spacial score (nSPS) is 10.2. The molecule has 0 aromatic heterocycles. The third-order valence-electron chi connectivity index (χ3n) is 1.67. The van der Waals surface area contributed by atoms with Crippen molar-refractivity contribution in [3.8, 4) is 5.75 Å². The molecular formula is C9H9BrFNO2. The number of carbonyl (C=O) groups excluding carboxylic acids is 1. The van der Waals surface area contributed by atoms with Crippen molar-refractivity contribution < 1.29 is 14.3 Å². The van der Waals surface area contributed by atoms with E-state index in [4.69, 9.17) is 0 Å². The summed E-state index contributed by atoms with van der Waals surface area (Å²) in [6, 6.07) is 2.49. The molecule has 14 heavy (non-hydrogen) atoms. The Morgan fingerprint density at radius 1 is 1.64 bits per heavy atom. The van der Waals surface area contributed by atoms with Gasteiger partial charge in [0.2, 0.25) is 0 Å². The number of phenols is 1. The Morgan fingerprint density at radius 2 is 2.29 bits per heavy atom. The van der Waals surface area contributed by atoms with E-state index in [2.05, 4.69) is 21.2 Å². The number of benzene rings is 1. The summed E-state index contributed by atoms with van der Waals surface area (Å²) in [7, 11) is 1.60. The van der Waals surface area contributed by atoms with Gasteiger partial charge in [-0.05, 0) is 19.2 Å². The van der Waals surface area contributed by atoms with Crippen molar-refractivity contribution in [3.63, 3.8) is 0 Å². The summed E-state index contributed by atoms with van der Waals surface area (Å²) in [4.78, 5) is 11.4. The Labute approximate surface area is 89.1 Å². The fraction of sp³-hybridized carbons (Fsp3) is 0.222. The molecule has 0 bridgehead atoms. The molecule has 3 nitrogen and oxygen atoms in total. The first-order chi connectivity index (χ1) is 6.56. The molecule has 5 heteroatoms. The molecule has 0 atom stereocenters. The van der Waals surface area contributed by atoms with Gasteiger partial charge in [0.15, 0.2) is 17.3 Å². The van der Waals surface area contributed by atoms with Crippen LogP contribution in [0.3, 0.4) is 0 Å². The number of carbonyl (C=O) groups is 1. The van der Waals surface area contributed by atoms with E-state index in [1.807, 2.05) is 0 Å². The van der Waals surface area contributed by atoms with Gasteiger partial charge in [0, 0.05) is 4.47 Å². The SMILES string of the molecule is CNCC(=O)c1cc(Br)cc(F)c1O. The maximum atomic E-state index is 13.0. The highest BCUT2D eigenvalue weighted by Crippen LogP contribution is 2.26. The number of phenolic OH excluding ortho intramolecular Hbond substituents is 1. The minimum Gasteiger partial charge on any atom is -0.504 e. The maximum Gasteiger partial charge on any atom is 0.180 e. The van der Waals surface area contributed by atoms with E-state index in [9.17, 15) is 14.3 Å². The van der Waals surface area contributed by atoms with Crippen LogP contribution in [0.1, 0.15) is 10.4 Å². The van der Waals surface area contributed by atoms with Crippen molar-refractivity contribution in [2.45, 2.75) is 0 Å². The molecule has 0 unspecified atom stereocenters. The average molecular weight is 262 g/mol. The predicted molar refractivity (Wildman–Crippen MR) is 54.0 cm³/mol. The molecular weight excluding hydrogens is 253 g/mol. The maximum absolute atomic E-state index is 13.0. The topological polar surface area (TPSA) is 49.3 Å². The quantitative estimate of drug-likeness (QED) is 0.815. The highest BCUT2D eigenvalue weighted by atomic mass is 79.9. The lowest BCUT2D eigenvalue weighted by molar-refractivity contribution is 0.0990. The Morgan fingerprint density at radius 3 is 2.86 bits per heavy atom. The molecule has 76 valence electrons. The second-order valence-electron chi connectivity index (χ2n) is 2.74. The van der Waals surface area contributed by atoms with E-state index in [0.29, 0.717) is 4.47 Å². The van der Waals surface area contributed by atoms with Crippen LogP contribution in [0.5, 0.6) is 5.75 Å². The molecule has 0 aliphatic heterocycles. The molecule has 0 saturated heterocycles. The van der Waals surface area contributed by atoms with Gasteiger partial charge >= 0.3 is 0 Å². The minimum absolute atomic E-state index is 0.0220. The van der Waals surface area contributed by atoms with E-state index in [-0.39, 0.29) is 17.9 Å². The van der Waals surface area contributed by atoms with Gasteiger partial charge in [0.25, 0.3) is 0 Å². The number of ketones is 1. The van der Waals surface area contributed by atoms with Gasteiger partial charge in [-0.25, -0.2) is 4.39 Å². The summed E-state index contributed by atoms with van der Waals surface area (Å²) in [6.45, 7) is 0.0590. The van der Waals surface area contributed by atoms with Gasteiger partial charge in [-0.15, -0.1) is 0 Å². The lowest BCUT2D eigenvalue weighted by Gasteiger charge is -2.04. The molecule has 0 heterocycles. The van der Waals surface area contributed by atoms with Crippen molar-refractivity contribution >= 4 is 21.7 Å². The number of hydrogen-bond donors (Lipinski definition) is 2. The van der Waals surface area contributed by atoms with Gasteiger partial charge < -0.3 is 10.4 Å². The molecule has 0 fully saturated rings. The smallest absolute Gasteiger partial charge is 0.180 e. The molecule has 0 spiro atoms. The Kier molecular flexibility index (Phi) is 3.60. The monoisotopic (exact) mass is 261 g/mol.